The fourth-order valence-corrected chi connectivity index (χ4v) is 5.23. The molecule has 1 atom stereocenters. The Kier molecular flexibility index (Phi) is 5.72. The standard InChI is InChI=1S/C23H33N3O2/c1-2-14-26(22(28)20-17-23(20)10-12-24-13-11-23)19-8-15-25(16-9-19)21(27)18-6-4-3-5-7-18/h3-7,19-20,24H,2,8-17H2,1H3. The molecular formula is C23H33N3O2. The van der Waals surface area contributed by atoms with E-state index in [2.05, 4.69) is 17.1 Å². The molecule has 0 aromatic heterocycles. The van der Waals surface area contributed by atoms with E-state index in [4.69, 9.17) is 0 Å². The summed E-state index contributed by atoms with van der Waals surface area (Å²) in [4.78, 5) is 30.1. The second-order valence-electron chi connectivity index (χ2n) is 8.79. The van der Waals surface area contributed by atoms with Gasteiger partial charge in [-0.2, -0.15) is 0 Å². The summed E-state index contributed by atoms with van der Waals surface area (Å²) in [5, 5.41) is 3.42. The first-order valence-electron chi connectivity index (χ1n) is 11.0. The maximum Gasteiger partial charge on any atom is 0.253 e. The average molecular weight is 384 g/mol. The normalized spacial score (nSPS) is 24.2. The van der Waals surface area contributed by atoms with Crippen molar-refractivity contribution in [3.05, 3.63) is 35.9 Å². The molecule has 1 aliphatic carbocycles. The average Bonchev–Trinajstić information content (AvgIpc) is 3.45. The van der Waals surface area contributed by atoms with Gasteiger partial charge < -0.3 is 15.1 Å². The smallest absolute Gasteiger partial charge is 0.253 e. The van der Waals surface area contributed by atoms with E-state index >= 15 is 0 Å². The largest absolute Gasteiger partial charge is 0.339 e. The first kappa shape index (κ1) is 19.4. The Labute approximate surface area is 168 Å². The third-order valence-corrected chi connectivity index (χ3v) is 7.05. The molecule has 0 bridgehead atoms. The van der Waals surface area contributed by atoms with Gasteiger partial charge in [0.25, 0.3) is 5.91 Å². The van der Waals surface area contributed by atoms with E-state index in [1.807, 2.05) is 35.2 Å². The van der Waals surface area contributed by atoms with E-state index in [0.29, 0.717) is 5.91 Å². The maximum atomic E-state index is 13.3. The fraction of sp³-hybridized carbons (Fsp3) is 0.652. The van der Waals surface area contributed by atoms with Crippen molar-refractivity contribution in [1.29, 1.82) is 0 Å². The third kappa shape index (κ3) is 3.82. The van der Waals surface area contributed by atoms with Gasteiger partial charge in [-0.25, -0.2) is 0 Å². The maximum absolute atomic E-state index is 13.3. The Bertz CT molecular complexity index is 691. The highest BCUT2D eigenvalue weighted by atomic mass is 16.2. The van der Waals surface area contributed by atoms with Gasteiger partial charge in [0.1, 0.15) is 0 Å². The molecule has 5 heteroatoms. The zero-order chi connectivity index (χ0) is 19.6. The highest BCUT2D eigenvalue weighted by Gasteiger charge is 2.58. The first-order valence-corrected chi connectivity index (χ1v) is 11.0. The van der Waals surface area contributed by atoms with Crippen LogP contribution >= 0.6 is 0 Å². The van der Waals surface area contributed by atoms with Gasteiger partial charge in [0, 0.05) is 37.2 Å². The summed E-state index contributed by atoms with van der Waals surface area (Å²) in [6.45, 7) is 6.59. The summed E-state index contributed by atoms with van der Waals surface area (Å²) in [6.07, 6.45) is 6.16. The number of hydrogen-bond donors (Lipinski definition) is 1. The molecule has 3 aliphatic rings. The van der Waals surface area contributed by atoms with Crippen LogP contribution in [0.1, 0.15) is 55.8 Å². The van der Waals surface area contributed by atoms with E-state index in [-0.39, 0.29) is 23.3 Å². The summed E-state index contributed by atoms with van der Waals surface area (Å²) in [5.41, 5.74) is 1.05. The fourth-order valence-electron chi connectivity index (χ4n) is 5.23. The van der Waals surface area contributed by atoms with Crippen LogP contribution in [-0.4, -0.2) is 60.4 Å². The van der Waals surface area contributed by atoms with Crippen molar-refractivity contribution in [2.45, 2.75) is 51.5 Å². The lowest BCUT2D eigenvalue weighted by atomic mass is 9.91. The zero-order valence-electron chi connectivity index (χ0n) is 17.0. The molecule has 2 heterocycles. The van der Waals surface area contributed by atoms with E-state index < -0.39 is 0 Å². The van der Waals surface area contributed by atoms with Gasteiger partial charge in [0.2, 0.25) is 5.91 Å². The van der Waals surface area contributed by atoms with Crippen molar-refractivity contribution >= 4 is 11.8 Å². The SMILES string of the molecule is CCCN(C(=O)C1CC12CCNCC2)C1CCN(C(=O)c2ccccc2)CC1. The first-order chi connectivity index (χ1) is 13.6. The van der Waals surface area contributed by atoms with Crippen molar-refractivity contribution in [1.82, 2.24) is 15.1 Å². The monoisotopic (exact) mass is 383 g/mol. The van der Waals surface area contributed by atoms with Crippen molar-refractivity contribution in [2.75, 3.05) is 32.7 Å². The van der Waals surface area contributed by atoms with E-state index in [1.54, 1.807) is 0 Å². The van der Waals surface area contributed by atoms with Gasteiger partial charge in [-0.1, -0.05) is 25.1 Å². The number of carbonyl (C=O) groups excluding carboxylic acids is 2. The Hall–Kier alpha value is -1.88. The molecule has 2 amide bonds. The van der Waals surface area contributed by atoms with Crippen LogP contribution in [0.4, 0.5) is 0 Å². The summed E-state index contributed by atoms with van der Waals surface area (Å²) >= 11 is 0. The Morgan fingerprint density at radius 2 is 1.82 bits per heavy atom. The summed E-state index contributed by atoms with van der Waals surface area (Å²) in [7, 11) is 0. The summed E-state index contributed by atoms with van der Waals surface area (Å²) < 4.78 is 0. The number of nitrogens with one attached hydrogen (secondary N) is 1. The quantitative estimate of drug-likeness (QED) is 0.851. The number of nitrogens with zero attached hydrogens (tertiary/aromatic N) is 2. The van der Waals surface area contributed by atoms with Crippen LogP contribution in [0.5, 0.6) is 0 Å². The topological polar surface area (TPSA) is 52.7 Å². The second-order valence-corrected chi connectivity index (χ2v) is 8.79. The lowest BCUT2D eigenvalue weighted by molar-refractivity contribution is -0.137. The van der Waals surface area contributed by atoms with Crippen LogP contribution in [0.15, 0.2) is 30.3 Å². The molecule has 152 valence electrons. The summed E-state index contributed by atoms with van der Waals surface area (Å²) in [5.74, 6) is 0.741. The Morgan fingerprint density at radius 3 is 2.46 bits per heavy atom. The van der Waals surface area contributed by atoms with Crippen LogP contribution in [0, 0.1) is 11.3 Å². The molecule has 1 aromatic rings. The van der Waals surface area contributed by atoms with Crippen molar-refractivity contribution < 1.29 is 9.59 Å². The molecule has 1 saturated carbocycles. The number of likely N-dealkylation sites (tertiary alicyclic amines) is 1. The highest BCUT2D eigenvalue weighted by Crippen LogP contribution is 2.59. The minimum absolute atomic E-state index is 0.114. The van der Waals surface area contributed by atoms with E-state index in [0.717, 1.165) is 76.8 Å². The van der Waals surface area contributed by atoms with Crippen LogP contribution in [0.3, 0.4) is 0 Å². The molecule has 1 unspecified atom stereocenters. The summed E-state index contributed by atoms with van der Waals surface area (Å²) in [6, 6.07) is 9.80. The predicted octanol–water partition coefficient (Wildman–Crippen LogP) is 2.92. The van der Waals surface area contributed by atoms with E-state index in [9.17, 15) is 9.59 Å². The number of piperidine rings is 2. The van der Waals surface area contributed by atoms with Gasteiger partial charge in [0.05, 0.1) is 0 Å². The van der Waals surface area contributed by atoms with Gasteiger partial charge in [-0.05, 0) is 69.2 Å². The molecule has 28 heavy (non-hydrogen) atoms. The van der Waals surface area contributed by atoms with E-state index in [1.165, 1.54) is 0 Å². The molecule has 2 aliphatic heterocycles. The third-order valence-electron chi connectivity index (χ3n) is 7.05. The zero-order valence-corrected chi connectivity index (χ0v) is 17.0. The lowest BCUT2D eigenvalue weighted by Gasteiger charge is -2.39. The van der Waals surface area contributed by atoms with Crippen molar-refractivity contribution in [3.8, 4) is 0 Å². The Balaban J connectivity index is 1.36. The van der Waals surface area contributed by atoms with Crippen LogP contribution in [-0.2, 0) is 4.79 Å². The molecule has 1 spiro atoms. The minimum Gasteiger partial charge on any atom is -0.339 e. The number of amides is 2. The van der Waals surface area contributed by atoms with Gasteiger partial charge in [0.15, 0.2) is 0 Å². The molecule has 1 N–H and O–H groups in total. The van der Waals surface area contributed by atoms with Crippen LogP contribution < -0.4 is 5.32 Å². The molecule has 3 fully saturated rings. The molecule has 1 aromatic carbocycles. The van der Waals surface area contributed by atoms with Crippen LogP contribution in [0.25, 0.3) is 0 Å². The van der Waals surface area contributed by atoms with Gasteiger partial charge in [-0.15, -0.1) is 0 Å². The van der Waals surface area contributed by atoms with Crippen LogP contribution in [0.2, 0.25) is 0 Å². The predicted molar refractivity (Wildman–Crippen MR) is 110 cm³/mol. The number of carbonyl (C=O) groups is 2. The van der Waals surface area contributed by atoms with Crippen molar-refractivity contribution in [3.63, 3.8) is 0 Å². The van der Waals surface area contributed by atoms with Gasteiger partial charge in [-0.3, -0.25) is 9.59 Å². The number of rotatable bonds is 5. The van der Waals surface area contributed by atoms with Crippen molar-refractivity contribution in [2.24, 2.45) is 11.3 Å². The molecule has 5 nitrogen and oxygen atoms in total. The number of hydrogen-bond acceptors (Lipinski definition) is 3. The molecule has 4 rings (SSSR count). The number of benzene rings is 1. The lowest BCUT2D eigenvalue weighted by Crippen LogP contribution is -2.50. The second kappa shape index (κ2) is 8.24. The van der Waals surface area contributed by atoms with Gasteiger partial charge >= 0.3 is 0 Å². The Morgan fingerprint density at radius 1 is 1.14 bits per heavy atom. The molecule has 2 saturated heterocycles. The minimum atomic E-state index is 0.114. The highest BCUT2D eigenvalue weighted by molar-refractivity contribution is 5.94. The molecular weight excluding hydrogens is 350 g/mol. The molecule has 0 radical (unpaired) electrons.